The van der Waals surface area contributed by atoms with E-state index in [1.807, 2.05) is 0 Å². The number of hydrogen-bond donors (Lipinski definition) is 0. The van der Waals surface area contributed by atoms with Gasteiger partial charge < -0.3 is 14.4 Å². The van der Waals surface area contributed by atoms with Crippen molar-refractivity contribution in [3.8, 4) is 0 Å². The Bertz CT molecular complexity index is 493. The summed E-state index contributed by atoms with van der Waals surface area (Å²) in [7, 11) is 4.14. The van der Waals surface area contributed by atoms with Crippen LogP contribution in [0.5, 0.6) is 0 Å². The van der Waals surface area contributed by atoms with Gasteiger partial charge in [0.05, 0.1) is 13.2 Å². The molecule has 278 valence electrons. The maximum Gasteiger partial charge on any atom is 0.0700 e. The van der Waals surface area contributed by atoms with Crippen LogP contribution in [-0.4, -0.2) is 51.5 Å². The molecule has 0 aromatic carbocycles. The third-order valence-corrected chi connectivity index (χ3v) is 10.4. The molecule has 0 N–H and O–H groups in total. The number of rotatable bonds is 41. The molecule has 0 fully saturated rings. The molecule has 0 rings (SSSR count). The molecule has 0 aliphatic carbocycles. The van der Waals surface area contributed by atoms with Crippen LogP contribution < -0.4 is 0 Å². The Morgan fingerprint density at radius 1 is 0.370 bits per heavy atom. The maximum atomic E-state index is 5.69. The summed E-state index contributed by atoms with van der Waals surface area (Å²) < 4.78 is 10.8. The third-order valence-electron chi connectivity index (χ3n) is 10.4. The molecule has 0 aliphatic rings. The lowest BCUT2D eigenvalue weighted by Gasteiger charge is -2.28. The van der Waals surface area contributed by atoms with Crippen LogP contribution in [0, 0.1) is 0 Å². The topological polar surface area (TPSA) is 21.7 Å². The smallest absolute Gasteiger partial charge is 0.0700 e. The molecule has 0 saturated heterocycles. The van der Waals surface area contributed by atoms with Gasteiger partial charge >= 0.3 is 0 Å². The highest BCUT2D eigenvalue weighted by Gasteiger charge is 2.14. The summed E-state index contributed by atoms with van der Waals surface area (Å²) in [5.41, 5.74) is 0. The second kappa shape index (κ2) is 41.1. The van der Waals surface area contributed by atoms with Crippen molar-refractivity contribution >= 4 is 0 Å². The molecule has 0 bridgehead atoms. The minimum Gasteiger partial charge on any atom is -0.382 e. The summed E-state index contributed by atoms with van der Waals surface area (Å²) in [5, 5.41) is 0. The van der Waals surface area contributed by atoms with Crippen molar-refractivity contribution in [3.05, 3.63) is 0 Å². The van der Waals surface area contributed by atoms with Crippen LogP contribution in [0.4, 0.5) is 0 Å². The van der Waals surface area contributed by atoms with Gasteiger partial charge in [0.15, 0.2) is 0 Å². The number of unbranched alkanes of at least 4 members (excludes halogenated alkanes) is 29. The highest BCUT2D eigenvalue weighted by atomic mass is 16.5. The Hall–Kier alpha value is -0.120. The van der Waals surface area contributed by atoms with Crippen molar-refractivity contribution in [2.24, 2.45) is 0 Å². The zero-order valence-electron chi connectivity index (χ0n) is 32.7. The van der Waals surface area contributed by atoms with Gasteiger partial charge in [-0.1, -0.05) is 206 Å². The van der Waals surface area contributed by atoms with E-state index in [1.165, 1.54) is 225 Å². The molecule has 0 aromatic rings. The van der Waals surface area contributed by atoms with E-state index in [2.05, 4.69) is 25.8 Å². The molecular formula is C43H89NO2. The van der Waals surface area contributed by atoms with Crippen LogP contribution in [0.3, 0.4) is 0 Å². The van der Waals surface area contributed by atoms with Crippen molar-refractivity contribution in [1.82, 2.24) is 4.90 Å². The molecule has 0 saturated carbocycles. The van der Waals surface area contributed by atoms with Crippen LogP contribution >= 0.6 is 0 Å². The lowest BCUT2D eigenvalue weighted by atomic mass is 9.98. The van der Waals surface area contributed by atoms with Gasteiger partial charge in [-0.05, 0) is 39.3 Å². The first-order valence-corrected chi connectivity index (χ1v) is 21.5. The highest BCUT2D eigenvalue weighted by Crippen LogP contribution is 2.20. The second-order valence-corrected chi connectivity index (χ2v) is 14.9. The Morgan fingerprint density at radius 3 is 1.02 bits per heavy atom. The fraction of sp³-hybridized carbons (Fsp3) is 1.00. The lowest BCUT2D eigenvalue weighted by Crippen LogP contribution is -2.32. The second-order valence-electron chi connectivity index (χ2n) is 14.9. The number of hydrogen-bond acceptors (Lipinski definition) is 3. The predicted molar refractivity (Wildman–Crippen MR) is 207 cm³/mol. The maximum absolute atomic E-state index is 5.69. The van der Waals surface area contributed by atoms with E-state index in [1.54, 1.807) is 7.11 Å². The highest BCUT2D eigenvalue weighted by molar-refractivity contribution is 4.70. The first-order chi connectivity index (χ1) is 22.8. The van der Waals surface area contributed by atoms with Crippen LogP contribution in [0.2, 0.25) is 0 Å². The number of ether oxygens (including phenoxy) is 2. The van der Waals surface area contributed by atoms with E-state index in [0.29, 0.717) is 6.61 Å². The van der Waals surface area contributed by atoms with Crippen molar-refractivity contribution < 1.29 is 9.47 Å². The van der Waals surface area contributed by atoms with Crippen molar-refractivity contribution in [2.75, 3.05) is 40.5 Å². The summed E-state index contributed by atoms with van der Waals surface area (Å²) in [6, 6.07) is 0.776. The quantitative estimate of drug-likeness (QED) is 0.0614. The fourth-order valence-electron chi connectivity index (χ4n) is 7.08. The van der Waals surface area contributed by atoms with Gasteiger partial charge in [-0.3, -0.25) is 0 Å². The summed E-state index contributed by atoms with van der Waals surface area (Å²) >= 11 is 0. The van der Waals surface area contributed by atoms with E-state index in [9.17, 15) is 0 Å². The van der Waals surface area contributed by atoms with E-state index in [0.717, 1.165) is 19.3 Å². The van der Waals surface area contributed by atoms with Gasteiger partial charge in [0.2, 0.25) is 0 Å². The zero-order chi connectivity index (χ0) is 33.4. The Morgan fingerprint density at radius 2 is 0.696 bits per heavy atom. The van der Waals surface area contributed by atoms with Crippen LogP contribution in [0.1, 0.15) is 232 Å². The SMILES string of the molecule is CCCCCCCCCCCCCCCCCC(CCCCCCCCCCCCCCCCC)N(C)CCCCOCCOC. The Labute approximate surface area is 292 Å². The molecule has 0 aliphatic heterocycles. The van der Waals surface area contributed by atoms with E-state index >= 15 is 0 Å². The van der Waals surface area contributed by atoms with Gasteiger partial charge in [0.1, 0.15) is 0 Å². The molecule has 0 aromatic heterocycles. The molecule has 0 heterocycles. The van der Waals surface area contributed by atoms with Gasteiger partial charge in [-0.25, -0.2) is 0 Å². The van der Waals surface area contributed by atoms with Gasteiger partial charge in [0.25, 0.3) is 0 Å². The van der Waals surface area contributed by atoms with E-state index in [4.69, 9.17) is 9.47 Å². The molecule has 0 spiro atoms. The monoisotopic (exact) mass is 652 g/mol. The predicted octanol–water partition coefficient (Wildman–Crippen LogP) is 14.3. The van der Waals surface area contributed by atoms with Crippen LogP contribution in [0.15, 0.2) is 0 Å². The van der Waals surface area contributed by atoms with Crippen molar-refractivity contribution in [2.45, 2.75) is 238 Å². The largest absolute Gasteiger partial charge is 0.382 e. The summed E-state index contributed by atoms with van der Waals surface area (Å²) in [5.74, 6) is 0. The first-order valence-electron chi connectivity index (χ1n) is 21.5. The average Bonchev–Trinajstić information content (AvgIpc) is 3.06. The number of methoxy groups -OCH3 is 1. The Kier molecular flexibility index (Phi) is 40.9. The zero-order valence-corrected chi connectivity index (χ0v) is 32.7. The normalized spacial score (nSPS) is 11.9. The van der Waals surface area contributed by atoms with E-state index < -0.39 is 0 Å². The summed E-state index contributed by atoms with van der Waals surface area (Å²) in [4.78, 5) is 2.70. The number of nitrogens with zero attached hydrogens (tertiary/aromatic N) is 1. The summed E-state index contributed by atoms with van der Waals surface area (Å²) in [6.07, 6.45) is 48.8. The van der Waals surface area contributed by atoms with Crippen molar-refractivity contribution in [3.63, 3.8) is 0 Å². The van der Waals surface area contributed by atoms with Crippen LogP contribution in [0.25, 0.3) is 0 Å². The molecule has 0 radical (unpaired) electrons. The standard InChI is InChI=1S/C43H89NO2/c1-5-7-9-11-13-15-17-19-21-23-25-27-29-31-33-37-43(44(3)39-35-36-40-46-42-41-45-4)38-34-32-30-28-26-24-22-20-18-16-14-12-10-8-6-2/h43H,5-42H2,1-4H3. The molecular weight excluding hydrogens is 562 g/mol. The molecule has 3 heteroatoms. The third kappa shape index (κ3) is 36.7. The first kappa shape index (κ1) is 45.9. The fourth-order valence-corrected chi connectivity index (χ4v) is 7.08. The molecule has 3 nitrogen and oxygen atoms in total. The van der Waals surface area contributed by atoms with Gasteiger partial charge in [-0.2, -0.15) is 0 Å². The molecule has 46 heavy (non-hydrogen) atoms. The molecule has 0 amide bonds. The van der Waals surface area contributed by atoms with Crippen LogP contribution in [-0.2, 0) is 9.47 Å². The average molecular weight is 652 g/mol. The minimum absolute atomic E-state index is 0.709. The lowest BCUT2D eigenvalue weighted by molar-refractivity contribution is 0.0672. The molecule has 0 atom stereocenters. The van der Waals surface area contributed by atoms with E-state index in [-0.39, 0.29) is 0 Å². The Balaban J connectivity index is 3.95. The molecule has 0 unspecified atom stereocenters. The van der Waals surface area contributed by atoms with Crippen molar-refractivity contribution in [1.29, 1.82) is 0 Å². The van der Waals surface area contributed by atoms with Gasteiger partial charge in [0, 0.05) is 19.8 Å². The minimum atomic E-state index is 0.709. The van der Waals surface area contributed by atoms with Gasteiger partial charge in [-0.15, -0.1) is 0 Å². The summed E-state index contributed by atoms with van der Waals surface area (Å²) in [6.45, 7) is 8.15.